The van der Waals surface area contributed by atoms with Gasteiger partial charge in [-0.05, 0) is 42.3 Å². The van der Waals surface area contributed by atoms with Gasteiger partial charge in [-0.1, -0.05) is 34.1 Å². The maximum absolute atomic E-state index is 13.5. The molecule has 4 rings (SSSR count). The fraction of sp³-hybridized carbons (Fsp3) is 0.308. The molecule has 3 aromatic rings. The van der Waals surface area contributed by atoms with E-state index in [0.717, 1.165) is 28.7 Å². The Kier molecular flexibility index (Phi) is 8.37. The first-order valence-corrected chi connectivity index (χ1v) is 12.6. The number of nitrogens with zero attached hydrogens (tertiary/aromatic N) is 4. The second kappa shape index (κ2) is 11.9. The van der Waals surface area contributed by atoms with E-state index in [1.54, 1.807) is 28.4 Å². The van der Waals surface area contributed by atoms with Gasteiger partial charge in [-0.3, -0.25) is 14.5 Å². The molecule has 0 saturated carbocycles. The van der Waals surface area contributed by atoms with Crippen LogP contribution in [0.15, 0.2) is 71.7 Å². The Balaban J connectivity index is 1.47. The summed E-state index contributed by atoms with van der Waals surface area (Å²) in [6.45, 7) is 2.32. The molecule has 4 amide bonds. The fourth-order valence-electron chi connectivity index (χ4n) is 4.40. The van der Waals surface area contributed by atoms with E-state index in [4.69, 9.17) is 5.73 Å². The number of primary amides is 1. The van der Waals surface area contributed by atoms with Crippen molar-refractivity contribution in [1.82, 2.24) is 19.8 Å². The topological polar surface area (TPSA) is 114 Å². The minimum Gasteiger partial charge on any atom is -0.370 e. The van der Waals surface area contributed by atoms with Gasteiger partial charge >= 0.3 is 6.03 Å². The van der Waals surface area contributed by atoms with Crippen molar-refractivity contribution in [3.8, 4) is 0 Å². The third kappa shape index (κ3) is 6.51. The van der Waals surface area contributed by atoms with Crippen molar-refractivity contribution in [2.45, 2.75) is 25.9 Å². The number of hydrogen-bond donors (Lipinski definition) is 2. The lowest BCUT2D eigenvalue weighted by Gasteiger charge is -2.40. The first kappa shape index (κ1) is 25.4. The van der Waals surface area contributed by atoms with Crippen LogP contribution in [0.25, 0.3) is 0 Å². The van der Waals surface area contributed by atoms with Gasteiger partial charge < -0.3 is 20.5 Å². The zero-order valence-electron chi connectivity index (χ0n) is 19.8. The second-order valence-corrected chi connectivity index (χ2v) is 9.77. The van der Waals surface area contributed by atoms with Gasteiger partial charge in [0.25, 0.3) is 5.91 Å². The Hall–Kier alpha value is -3.66. The van der Waals surface area contributed by atoms with Crippen LogP contribution in [-0.4, -0.2) is 51.9 Å². The van der Waals surface area contributed by atoms with E-state index in [1.807, 2.05) is 53.2 Å². The number of carbonyl (C=O) groups is 3. The lowest BCUT2D eigenvalue weighted by atomic mass is 9.99. The number of amides is 4. The standard InChI is InChI=1S/C26H29BrN6O3/c27-21-6-8-22(9-7-21)33-16-19(14-24(28)34)15-32(26(33)36)17-20-4-1-2-5-23(20)25(35)30-10-3-12-31-13-11-29-18-31/h1-2,4-9,11,13,18-19H,3,10,12,14-17H2,(H2,28,34)(H,30,35). The lowest BCUT2D eigenvalue weighted by Crippen LogP contribution is -2.54. The van der Waals surface area contributed by atoms with Crippen LogP contribution in [0, 0.1) is 5.92 Å². The van der Waals surface area contributed by atoms with E-state index < -0.39 is 5.91 Å². The van der Waals surface area contributed by atoms with Crippen molar-refractivity contribution in [3.63, 3.8) is 0 Å². The number of halogens is 1. The summed E-state index contributed by atoms with van der Waals surface area (Å²) < 4.78 is 2.87. The number of anilines is 1. The van der Waals surface area contributed by atoms with Crippen molar-refractivity contribution in [2.24, 2.45) is 11.7 Å². The molecular formula is C26H29BrN6O3. The minimum absolute atomic E-state index is 0.118. The molecule has 9 nitrogen and oxygen atoms in total. The van der Waals surface area contributed by atoms with E-state index >= 15 is 0 Å². The van der Waals surface area contributed by atoms with Gasteiger partial charge in [0.15, 0.2) is 0 Å². The van der Waals surface area contributed by atoms with E-state index in [1.165, 1.54) is 0 Å². The molecule has 0 aliphatic carbocycles. The van der Waals surface area contributed by atoms with Crippen molar-refractivity contribution in [1.29, 1.82) is 0 Å². The summed E-state index contributed by atoms with van der Waals surface area (Å²) >= 11 is 3.42. The molecule has 0 spiro atoms. The quantitative estimate of drug-likeness (QED) is 0.375. The van der Waals surface area contributed by atoms with Crippen molar-refractivity contribution in [3.05, 3.63) is 82.9 Å². The zero-order chi connectivity index (χ0) is 25.5. The molecule has 10 heteroatoms. The van der Waals surface area contributed by atoms with Gasteiger partial charge in [0.1, 0.15) is 0 Å². The van der Waals surface area contributed by atoms with Crippen LogP contribution >= 0.6 is 15.9 Å². The van der Waals surface area contributed by atoms with Gasteiger partial charge in [0.05, 0.1) is 6.33 Å². The number of carbonyl (C=O) groups excluding carboxylic acids is 3. The minimum atomic E-state index is -0.402. The van der Waals surface area contributed by atoms with E-state index in [-0.39, 0.29) is 30.8 Å². The maximum Gasteiger partial charge on any atom is 0.324 e. The van der Waals surface area contributed by atoms with Crippen molar-refractivity contribution >= 4 is 39.5 Å². The molecule has 188 valence electrons. The number of imidazole rings is 1. The van der Waals surface area contributed by atoms with Gasteiger partial charge in [0, 0.05) is 73.2 Å². The SMILES string of the molecule is NC(=O)CC1CN(Cc2ccccc2C(=O)NCCCn2ccnc2)C(=O)N(c2ccc(Br)cc2)C1. The molecule has 1 aliphatic rings. The Morgan fingerprint density at radius 1 is 1.11 bits per heavy atom. The van der Waals surface area contributed by atoms with Crippen LogP contribution in [-0.2, 0) is 17.9 Å². The molecule has 1 saturated heterocycles. The molecule has 36 heavy (non-hydrogen) atoms. The highest BCUT2D eigenvalue weighted by Gasteiger charge is 2.34. The second-order valence-electron chi connectivity index (χ2n) is 8.85. The molecule has 1 aromatic heterocycles. The number of rotatable bonds is 10. The molecular weight excluding hydrogens is 524 g/mol. The Morgan fingerprint density at radius 3 is 2.61 bits per heavy atom. The predicted octanol–water partition coefficient (Wildman–Crippen LogP) is 3.40. The first-order chi connectivity index (χ1) is 17.4. The third-order valence-electron chi connectivity index (χ3n) is 6.11. The number of hydrogen-bond acceptors (Lipinski definition) is 4. The summed E-state index contributed by atoms with van der Waals surface area (Å²) in [5.74, 6) is -0.701. The number of aryl methyl sites for hydroxylation is 1. The summed E-state index contributed by atoms with van der Waals surface area (Å²) in [6.07, 6.45) is 6.30. The Morgan fingerprint density at radius 2 is 1.89 bits per heavy atom. The maximum atomic E-state index is 13.5. The summed E-state index contributed by atoms with van der Waals surface area (Å²) in [7, 11) is 0. The van der Waals surface area contributed by atoms with Gasteiger partial charge in [-0.2, -0.15) is 0 Å². The number of nitrogens with two attached hydrogens (primary N) is 1. The number of aromatic nitrogens is 2. The summed E-state index contributed by atoms with van der Waals surface area (Å²) in [4.78, 5) is 45.5. The number of benzene rings is 2. The molecule has 0 radical (unpaired) electrons. The van der Waals surface area contributed by atoms with E-state index in [9.17, 15) is 14.4 Å². The van der Waals surface area contributed by atoms with Gasteiger partial charge in [0.2, 0.25) is 5.91 Å². The highest BCUT2D eigenvalue weighted by atomic mass is 79.9. The van der Waals surface area contributed by atoms with E-state index in [2.05, 4.69) is 26.2 Å². The predicted molar refractivity (Wildman–Crippen MR) is 140 cm³/mol. The van der Waals surface area contributed by atoms with Crippen molar-refractivity contribution < 1.29 is 14.4 Å². The molecule has 1 atom stereocenters. The van der Waals surface area contributed by atoms with Crippen LogP contribution in [0.1, 0.15) is 28.8 Å². The first-order valence-electron chi connectivity index (χ1n) is 11.8. The monoisotopic (exact) mass is 552 g/mol. The molecule has 1 unspecified atom stereocenters. The highest BCUT2D eigenvalue weighted by Crippen LogP contribution is 2.27. The van der Waals surface area contributed by atoms with Crippen molar-refractivity contribution in [2.75, 3.05) is 24.5 Å². The normalized spacial score (nSPS) is 15.7. The Bertz CT molecular complexity index is 1200. The number of nitrogens with one attached hydrogen (secondary N) is 1. The Labute approximate surface area is 218 Å². The lowest BCUT2D eigenvalue weighted by molar-refractivity contribution is -0.119. The molecule has 2 heterocycles. The van der Waals surface area contributed by atoms with Gasteiger partial charge in [-0.25, -0.2) is 9.78 Å². The largest absolute Gasteiger partial charge is 0.370 e. The van der Waals surface area contributed by atoms with E-state index in [0.29, 0.717) is 25.2 Å². The average Bonchev–Trinajstić information content (AvgIpc) is 3.38. The van der Waals surface area contributed by atoms with Crippen LogP contribution in [0.5, 0.6) is 0 Å². The smallest absolute Gasteiger partial charge is 0.324 e. The van der Waals surface area contributed by atoms with Gasteiger partial charge in [-0.15, -0.1) is 0 Å². The molecule has 3 N–H and O–H groups in total. The summed E-state index contributed by atoms with van der Waals surface area (Å²) in [5.41, 5.74) is 7.50. The third-order valence-corrected chi connectivity index (χ3v) is 6.64. The number of urea groups is 1. The molecule has 0 bridgehead atoms. The summed E-state index contributed by atoms with van der Waals surface area (Å²) in [6, 6.07) is 14.6. The fourth-order valence-corrected chi connectivity index (χ4v) is 4.66. The van der Waals surface area contributed by atoms with Crippen LogP contribution in [0.3, 0.4) is 0 Å². The van der Waals surface area contributed by atoms with Crippen LogP contribution in [0.4, 0.5) is 10.5 Å². The van der Waals surface area contributed by atoms with Crippen LogP contribution < -0.4 is 16.0 Å². The average molecular weight is 553 g/mol. The molecule has 2 aromatic carbocycles. The molecule has 1 fully saturated rings. The van der Waals surface area contributed by atoms with Crippen LogP contribution in [0.2, 0.25) is 0 Å². The highest BCUT2D eigenvalue weighted by molar-refractivity contribution is 9.10. The molecule has 1 aliphatic heterocycles. The summed E-state index contributed by atoms with van der Waals surface area (Å²) in [5, 5.41) is 2.97. The zero-order valence-corrected chi connectivity index (χ0v) is 21.4.